The van der Waals surface area contributed by atoms with Gasteiger partial charge in [-0.2, -0.15) is 0 Å². The second-order valence-electron chi connectivity index (χ2n) is 6.92. The van der Waals surface area contributed by atoms with E-state index in [0.29, 0.717) is 16.9 Å². The van der Waals surface area contributed by atoms with Crippen LogP contribution in [0.3, 0.4) is 0 Å². The molecule has 33 heavy (non-hydrogen) atoms. The van der Waals surface area contributed by atoms with Gasteiger partial charge in [0.2, 0.25) is 0 Å². The molecule has 2 aromatic heterocycles. The maximum absolute atomic E-state index is 12.5. The zero-order chi connectivity index (χ0) is 24.2. The molecule has 1 amide bonds. The third kappa shape index (κ3) is 5.68. The molecule has 0 bridgehead atoms. The van der Waals surface area contributed by atoms with Crippen LogP contribution in [0.1, 0.15) is 33.2 Å². The van der Waals surface area contributed by atoms with Crippen molar-refractivity contribution >= 4 is 44.0 Å². The molecule has 1 aromatic carbocycles. The summed E-state index contributed by atoms with van der Waals surface area (Å²) in [6.45, 7) is 2.78. The first kappa shape index (κ1) is 24.2. The summed E-state index contributed by atoms with van der Waals surface area (Å²) in [6, 6.07) is 7.42. The van der Waals surface area contributed by atoms with E-state index in [1.807, 2.05) is 0 Å². The SMILES string of the molecule is CCOC(=O)c1c(-c2ccco2)csc1NC(=O)COC(=O)c1cc(S(C)(=O)=O)ccc1C. The number of benzene rings is 1. The Kier molecular flexibility index (Phi) is 7.34. The van der Waals surface area contributed by atoms with Gasteiger partial charge in [0.15, 0.2) is 16.4 Å². The molecule has 9 nitrogen and oxygen atoms in total. The van der Waals surface area contributed by atoms with Crippen molar-refractivity contribution in [3.63, 3.8) is 0 Å². The monoisotopic (exact) mass is 491 g/mol. The van der Waals surface area contributed by atoms with Crippen LogP contribution in [0.15, 0.2) is 51.3 Å². The number of esters is 2. The molecule has 0 saturated heterocycles. The van der Waals surface area contributed by atoms with Crippen LogP contribution in [-0.2, 0) is 24.1 Å². The van der Waals surface area contributed by atoms with Crippen molar-refractivity contribution in [2.45, 2.75) is 18.7 Å². The minimum atomic E-state index is -3.52. The normalized spacial score (nSPS) is 11.1. The number of carbonyl (C=O) groups excluding carboxylic acids is 3. The molecule has 0 aliphatic heterocycles. The highest BCUT2D eigenvalue weighted by molar-refractivity contribution is 7.90. The van der Waals surface area contributed by atoms with Gasteiger partial charge in [0.25, 0.3) is 5.91 Å². The lowest BCUT2D eigenvalue weighted by Crippen LogP contribution is -2.22. The van der Waals surface area contributed by atoms with Crippen LogP contribution < -0.4 is 5.32 Å². The first-order valence-electron chi connectivity index (χ1n) is 9.72. The van der Waals surface area contributed by atoms with E-state index in [9.17, 15) is 22.8 Å². The molecule has 1 N–H and O–H groups in total. The van der Waals surface area contributed by atoms with Crippen LogP contribution >= 0.6 is 11.3 Å². The van der Waals surface area contributed by atoms with Gasteiger partial charge in [-0.3, -0.25) is 4.79 Å². The Hall–Kier alpha value is -3.44. The molecule has 0 atom stereocenters. The third-order valence-corrected chi connectivity index (χ3v) is 6.51. The number of hydrogen-bond acceptors (Lipinski definition) is 9. The van der Waals surface area contributed by atoms with E-state index >= 15 is 0 Å². The number of aryl methyl sites for hydroxylation is 1. The van der Waals surface area contributed by atoms with E-state index in [1.165, 1.54) is 24.5 Å². The molecule has 3 rings (SSSR count). The van der Waals surface area contributed by atoms with Gasteiger partial charge < -0.3 is 19.2 Å². The van der Waals surface area contributed by atoms with E-state index in [2.05, 4.69) is 5.32 Å². The number of anilines is 1. The molecule has 174 valence electrons. The smallest absolute Gasteiger partial charge is 0.341 e. The lowest BCUT2D eigenvalue weighted by atomic mass is 10.1. The van der Waals surface area contributed by atoms with Gasteiger partial charge in [-0.05, 0) is 43.7 Å². The predicted octanol–water partition coefficient (Wildman–Crippen LogP) is 3.69. The zero-order valence-electron chi connectivity index (χ0n) is 18.0. The number of rotatable bonds is 8. The minimum absolute atomic E-state index is 0.0346. The van der Waals surface area contributed by atoms with Gasteiger partial charge >= 0.3 is 11.9 Å². The summed E-state index contributed by atoms with van der Waals surface area (Å²) < 4.78 is 39.0. The minimum Gasteiger partial charge on any atom is -0.464 e. The number of sulfone groups is 1. The van der Waals surface area contributed by atoms with Gasteiger partial charge in [-0.15, -0.1) is 11.3 Å². The molecule has 0 aliphatic rings. The molecular formula is C22H21NO8S2. The van der Waals surface area contributed by atoms with Crippen molar-refractivity contribution in [1.29, 1.82) is 0 Å². The van der Waals surface area contributed by atoms with Crippen LogP contribution in [-0.4, -0.2) is 45.7 Å². The maximum Gasteiger partial charge on any atom is 0.341 e. The van der Waals surface area contributed by atoms with Crippen molar-refractivity contribution in [3.05, 3.63) is 58.7 Å². The average Bonchev–Trinajstić information content (AvgIpc) is 3.41. The van der Waals surface area contributed by atoms with Crippen molar-refractivity contribution < 1.29 is 36.7 Å². The average molecular weight is 492 g/mol. The third-order valence-electron chi connectivity index (χ3n) is 4.50. The Labute approximate surface area is 194 Å². The number of carbonyl (C=O) groups is 3. The van der Waals surface area contributed by atoms with Crippen molar-refractivity contribution in [1.82, 2.24) is 0 Å². The zero-order valence-corrected chi connectivity index (χ0v) is 19.7. The second-order valence-corrected chi connectivity index (χ2v) is 9.82. The summed E-state index contributed by atoms with van der Waals surface area (Å²) in [5.41, 5.74) is 1.13. The lowest BCUT2D eigenvalue weighted by molar-refractivity contribution is -0.119. The molecule has 3 aromatic rings. The molecule has 0 aliphatic carbocycles. The molecular weight excluding hydrogens is 470 g/mol. The summed E-state index contributed by atoms with van der Waals surface area (Å²) in [5, 5.41) is 4.42. The van der Waals surface area contributed by atoms with Gasteiger partial charge in [-0.25, -0.2) is 18.0 Å². The molecule has 0 saturated carbocycles. The largest absolute Gasteiger partial charge is 0.464 e. The topological polar surface area (TPSA) is 129 Å². The number of thiophene rings is 1. The number of furan rings is 1. The van der Waals surface area contributed by atoms with Gasteiger partial charge in [0.1, 0.15) is 16.3 Å². The van der Waals surface area contributed by atoms with Crippen LogP contribution in [0, 0.1) is 6.92 Å². The number of amides is 1. The molecule has 0 unspecified atom stereocenters. The quantitative estimate of drug-likeness (QED) is 0.472. The Morgan fingerprint density at radius 1 is 1.12 bits per heavy atom. The van der Waals surface area contributed by atoms with Crippen molar-refractivity contribution in [3.8, 4) is 11.3 Å². The Morgan fingerprint density at radius 3 is 2.52 bits per heavy atom. The Balaban J connectivity index is 1.74. The fraction of sp³-hybridized carbons (Fsp3) is 0.227. The number of ether oxygens (including phenoxy) is 2. The van der Waals surface area contributed by atoms with E-state index in [1.54, 1.807) is 31.4 Å². The number of hydrogen-bond donors (Lipinski definition) is 1. The molecule has 0 spiro atoms. The van der Waals surface area contributed by atoms with Gasteiger partial charge in [0.05, 0.1) is 23.3 Å². The van der Waals surface area contributed by atoms with E-state index in [4.69, 9.17) is 13.9 Å². The highest BCUT2D eigenvalue weighted by Crippen LogP contribution is 2.36. The maximum atomic E-state index is 12.5. The van der Waals surface area contributed by atoms with Crippen LogP contribution in [0.25, 0.3) is 11.3 Å². The van der Waals surface area contributed by atoms with E-state index < -0.39 is 34.3 Å². The van der Waals surface area contributed by atoms with Crippen molar-refractivity contribution in [2.24, 2.45) is 0 Å². The molecule has 0 fully saturated rings. The van der Waals surface area contributed by atoms with Gasteiger partial charge in [0, 0.05) is 17.2 Å². The molecule has 11 heteroatoms. The summed E-state index contributed by atoms with van der Waals surface area (Å²) in [6.07, 6.45) is 2.49. The fourth-order valence-corrected chi connectivity index (χ4v) is 4.49. The van der Waals surface area contributed by atoms with Crippen LogP contribution in [0.4, 0.5) is 5.00 Å². The first-order chi connectivity index (χ1) is 15.6. The highest BCUT2D eigenvalue weighted by atomic mass is 32.2. The van der Waals surface area contributed by atoms with Gasteiger partial charge in [-0.1, -0.05) is 6.07 Å². The summed E-state index contributed by atoms with van der Waals surface area (Å²) >= 11 is 1.09. The Bertz CT molecular complexity index is 1290. The summed E-state index contributed by atoms with van der Waals surface area (Å²) in [4.78, 5) is 37.3. The standard InChI is InChI=1S/C22H21NO8S2/c1-4-29-22(26)19-16(17-6-5-9-30-17)12-32-20(19)23-18(24)11-31-21(25)15-10-14(33(3,27)28)8-7-13(15)2/h5-10,12H,4,11H2,1-3H3,(H,23,24). The van der Waals surface area contributed by atoms with Crippen LogP contribution in [0.2, 0.25) is 0 Å². The Morgan fingerprint density at radius 2 is 1.88 bits per heavy atom. The van der Waals surface area contributed by atoms with Crippen molar-refractivity contribution in [2.75, 3.05) is 24.8 Å². The number of nitrogens with one attached hydrogen (secondary N) is 1. The highest BCUT2D eigenvalue weighted by Gasteiger charge is 2.24. The molecule has 2 heterocycles. The summed E-state index contributed by atoms with van der Waals surface area (Å²) in [5.74, 6) is -1.73. The lowest BCUT2D eigenvalue weighted by Gasteiger charge is -2.10. The van der Waals surface area contributed by atoms with E-state index in [0.717, 1.165) is 17.6 Å². The van der Waals surface area contributed by atoms with Crippen LogP contribution in [0.5, 0.6) is 0 Å². The molecule has 0 radical (unpaired) electrons. The predicted molar refractivity (Wildman–Crippen MR) is 121 cm³/mol. The second kappa shape index (κ2) is 10.0. The fourth-order valence-electron chi connectivity index (χ4n) is 2.89. The first-order valence-corrected chi connectivity index (χ1v) is 12.5. The summed E-state index contributed by atoms with van der Waals surface area (Å²) in [7, 11) is -3.52. The van der Waals surface area contributed by atoms with E-state index in [-0.39, 0.29) is 27.6 Å².